The van der Waals surface area contributed by atoms with Crippen LogP contribution < -0.4 is 14.8 Å². The molecule has 3 rings (SSSR count). The third-order valence-electron chi connectivity index (χ3n) is 4.30. The third kappa shape index (κ3) is 5.45. The highest BCUT2D eigenvalue weighted by Crippen LogP contribution is 2.26. The molecule has 8 nitrogen and oxygen atoms in total. The first kappa shape index (κ1) is 20.1. The summed E-state index contributed by atoms with van der Waals surface area (Å²) in [5.41, 5.74) is 0.274. The number of fused-ring (bicyclic) bond motifs is 1. The number of carbonyl (C=O) groups is 1. The predicted molar refractivity (Wildman–Crippen MR) is 104 cm³/mol. The van der Waals surface area contributed by atoms with E-state index in [0.29, 0.717) is 19.1 Å². The van der Waals surface area contributed by atoms with Crippen LogP contribution in [0.25, 0.3) is 10.9 Å². The molecule has 1 aliphatic heterocycles. The van der Waals surface area contributed by atoms with E-state index in [0.717, 1.165) is 29.5 Å². The molecule has 1 N–H and O–H groups in total. The van der Waals surface area contributed by atoms with Crippen LogP contribution in [0.4, 0.5) is 4.79 Å². The second kappa shape index (κ2) is 8.60. The minimum atomic E-state index is -0.515. The molecule has 0 radical (unpaired) electrons. The van der Waals surface area contributed by atoms with Gasteiger partial charge in [-0.1, -0.05) is 0 Å². The molecule has 1 saturated heterocycles. The fraction of sp³-hybridized carbons (Fsp3) is 0.550. The molecule has 0 bridgehead atoms. The summed E-state index contributed by atoms with van der Waals surface area (Å²) in [7, 11) is 1.61. The van der Waals surface area contributed by atoms with Gasteiger partial charge in [0.15, 0.2) is 0 Å². The zero-order valence-corrected chi connectivity index (χ0v) is 16.7. The molecular formula is C20H27N3O5. The fourth-order valence-electron chi connectivity index (χ4n) is 2.95. The minimum Gasteiger partial charge on any atom is -0.497 e. The Morgan fingerprint density at radius 3 is 2.79 bits per heavy atom. The van der Waals surface area contributed by atoms with Crippen molar-refractivity contribution in [1.29, 1.82) is 0 Å². The van der Waals surface area contributed by atoms with Gasteiger partial charge in [0.2, 0.25) is 5.88 Å². The van der Waals surface area contributed by atoms with E-state index >= 15 is 0 Å². The van der Waals surface area contributed by atoms with Gasteiger partial charge in [-0.05, 0) is 51.8 Å². The number of nitrogens with one attached hydrogen (secondary N) is 1. The molecular weight excluding hydrogens is 362 g/mol. The largest absolute Gasteiger partial charge is 0.497 e. The highest BCUT2D eigenvalue weighted by atomic mass is 16.6. The van der Waals surface area contributed by atoms with Crippen LogP contribution in [0, 0.1) is 0 Å². The first-order valence-electron chi connectivity index (χ1n) is 9.37. The van der Waals surface area contributed by atoms with Gasteiger partial charge in [0.1, 0.15) is 24.3 Å². The molecule has 1 fully saturated rings. The van der Waals surface area contributed by atoms with Crippen LogP contribution in [-0.2, 0) is 9.47 Å². The maximum atomic E-state index is 11.9. The highest BCUT2D eigenvalue weighted by Gasteiger charge is 2.25. The maximum absolute atomic E-state index is 11.9. The quantitative estimate of drug-likeness (QED) is 0.840. The minimum absolute atomic E-state index is 0.0600. The maximum Gasteiger partial charge on any atom is 0.407 e. The molecule has 2 heterocycles. The molecule has 1 aliphatic rings. The van der Waals surface area contributed by atoms with E-state index in [2.05, 4.69) is 15.3 Å². The van der Waals surface area contributed by atoms with Crippen molar-refractivity contribution in [1.82, 2.24) is 15.3 Å². The standard InChI is InChI=1S/C20H27N3O5/c1-20(2,3)28-19(24)23-13-5-6-15(26-10-13)11-27-18-16-9-14(25-4)7-8-17(16)21-12-22-18/h7-9,12-13,15H,5-6,10-11H2,1-4H3,(H,23,24)/t13-,15+/m1/s1. The molecule has 2 aromatic rings. The lowest BCUT2D eigenvalue weighted by Gasteiger charge is -2.30. The molecule has 1 amide bonds. The molecule has 8 heteroatoms. The van der Waals surface area contributed by atoms with E-state index < -0.39 is 11.7 Å². The Morgan fingerprint density at radius 2 is 2.11 bits per heavy atom. The number of aromatic nitrogens is 2. The van der Waals surface area contributed by atoms with Gasteiger partial charge in [-0.2, -0.15) is 0 Å². The molecule has 0 spiro atoms. The van der Waals surface area contributed by atoms with Gasteiger partial charge >= 0.3 is 6.09 Å². The van der Waals surface area contributed by atoms with Crippen LogP contribution in [0.1, 0.15) is 33.6 Å². The van der Waals surface area contributed by atoms with Crippen molar-refractivity contribution in [2.75, 3.05) is 20.3 Å². The number of nitrogens with zero attached hydrogens (tertiary/aromatic N) is 2. The number of ether oxygens (including phenoxy) is 4. The second-order valence-corrected chi connectivity index (χ2v) is 7.75. The van der Waals surface area contributed by atoms with Crippen LogP contribution in [0.2, 0.25) is 0 Å². The van der Waals surface area contributed by atoms with Crippen molar-refractivity contribution >= 4 is 17.0 Å². The van der Waals surface area contributed by atoms with E-state index in [-0.39, 0.29) is 12.1 Å². The number of alkyl carbamates (subject to hydrolysis) is 1. The Kier molecular flexibility index (Phi) is 6.18. The lowest BCUT2D eigenvalue weighted by Crippen LogP contribution is -2.45. The van der Waals surface area contributed by atoms with E-state index in [4.69, 9.17) is 18.9 Å². The van der Waals surface area contributed by atoms with Gasteiger partial charge in [0.05, 0.1) is 36.8 Å². The Hall–Kier alpha value is -2.61. The molecule has 28 heavy (non-hydrogen) atoms. The summed E-state index contributed by atoms with van der Waals surface area (Å²) in [5, 5.41) is 3.64. The van der Waals surface area contributed by atoms with E-state index in [9.17, 15) is 4.79 Å². The number of rotatable bonds is 5. The number of methoxy groups -OCH3 is 1. The first-order valence-corrected chi connectivity index (χ1v) is 9.37. The summed E-state index contributed by atoms with van der Waals surface area (Å²) in [6.45, 7) is 6.31. The predicted octanol–water partition coefficient (Wildman–Crippen LogP) is 3.09. The van der Waals surface area contributed by atoms with E-state index in [1.54, 1.807) is 7.11 Å². The van der Waals surface area contributed by atoms with E-state index in [1.165, 1.54) is 6.33 Å². The second-order valence-electron chi connectivity index (χ2n) is 7.75. The van der Waals surface area contributed by atoms with Crippen molar-refractivity contribution in [3.63, 3.8) is 0 Å². The Labute approximate surface area is 164 Å². The first-order chi connectivity index (χ1) is 13.3. The molecule has 0 saturated carbocycles. The SMILES string of the molecule is COc1ccc2ncnc(OC[C@@H]3CC[C@@H](NC(=O)OC(C)(C)C)CO3)c2c1. The smallest absolute Gasteiger partial charge is 0.407 e. The van der Waals surface area contributed by atoms with Crippen LogP contribution in [0.5, 0.6) is 11.6 Å². The lowest BCUT2D eigenvalue weighted by molar-refractivity contribution is -0.0290. The molecule has 0 unspecified atom stereocenters. The van der Waals surface area contributed by atoms with Crippen molar-refractivity contribution in [2.24, 2.45) is 0 Å². The summed E-state index contributed by atoms with van der Waals surface area (Å²) in [6.07, 6.45) is 2.56. The van der Waals surface area contributed by atoms with Crippen molar-refractivity contribution in [3.8, 4) is 11.6 Å². The van der Waals surface area contributed by atoms with Gasteiger partial charge in [-0.15, -0.1) is 0 Å². The number of hydrogen-bond acceptors (Lipinski definition) is 7. The normalized spacial score (nSPS) is 19.9. The summed E-state index contributed by atoms with van der Waals surface area (Å²) < 4.78 is 22.3. The highest BCUT2D eigenvalue weighted by molar-refractivity contribution is 5.84. The monoisotopic (exact) mass is 389 g/mol. The summed E-state index contributed by atoms with van der Waals surface area (Å²) >= 11 is 0. The zero-order chi connectivity index (χ0) is 20.1. The fourth-order valence-corrected chi connectivity index (χ4v) is 2.95. The Balaban J connectivity index is 1.51. The molecule has 0 aliphatic carbocycles. The summed E-state index contributed by atoms with van der Waals surface area (Å²) in [5.74, 6) is 1.22. The Bertz CT molecular complexity index is 813. The number of benzene rings is 1. The van der Waals surface area contributed by atoms with E-state index in [1.807, 2.05) is 39.0 Å². The van der Waals surface area contributed by atoms with Crippen molar-refractivity contribution < 1.29 is 23.7 Å². The van der Waals surface area contributed by atoms with Gasteiger partial charge < -0.3 is 24.3 Å². The third-order valence-corrected chi connectivity index (χ3v) is 4.30. The van der Waals surface area contributed by atoms with Gasteiger partial charge in [-0.25, -0.2) is 14.8 Å². The van der Waals surface area contributed by atoms with Crippen LogP contribution >= 0.6 is 0 Å². The van der Waals surface area contributed by atoms with Crippen LogP contribution in [0.3, 0.4) is 0 Å². The van der Waals surface area contributed by atoms with Gasteiger partial charge in [0.25, 0.3) is 0 Å². The number of carbonyl (C=O) groups excluding carboxylic acids is 1. The van der Waals surface area contributed by atoms with Crippen molar-refractivity contribution in [2.45, 2.75) is 51.4 Å². The Morgan fingerprint density at radius 1 is 1.29 bits per heavy atom. The molecule has 1 aromatic heterocycles. The average molecular weight is 389 g/mol. The molecule has 1 aromatic carbocycles. The summed E-state index contributed by atoms with van der Waals surface area (Å²) in [4.78, 5) is 20.3. The molecule has 152 valence electrons. The summed E-state index contributed by atoms with van der Waals surface area (Å²) in [6, 6.07) is 5.51. The average Bonchev–Trinajstić information content (AvgIpc) is 2.65. The van der Waals surface area contributed by atoms with Crippen molar-refractivity contribution in [3.05, 3.63) is 24.5 Å². The number of hydrogen-bond donors (Lipinski definition) is 1. The van der Waals surface area contributed by atoms with Gasteiger partial charge in [0, 0.05) is 0 Å². The lowest BCUT2D eigenvalue weighted by atomic mass is 10.1. The molecule has 2 atom stereocenters. The zero-order valence-electron chi connectivity index (χ0n) is 16.7. The van der Waals surface area contributed by atoms with Crippen LogP contribution in [-0.4, -0.2) is 54.1 Å². The number of amides is 1. The van der Waals surface area contributed by atoms with Crippen LogP contribution in [0.15, 0.2) is 24.5 Å². The van der Waals surface area contributed by atoms with Gasteiger partial charge in [-0.3, -0.25) is 0 Å². The topological polar surface area (TPSA) is 91.8 Å².